The number of thioether (sulfide) groups is 1. The zero-order chi connectivity index (χ0) is 13.1. The average Bonchev–Trinajstić information content (AvgIpc) is 2.40. The molecule has 2 rings (SSSR count). The second-order valence-corrected chi connectivity index (χ2v) is 5.24. The van der Waals surface area contributed by atoms with Crippen LogP contribution in [-0.4, -0.2) is 12.0 Å². The van der Waals surface area contributed by atoms with Crippen molar-refractivity contribution in [1.29, 1.82) is 0 Å². The second-order valence-electron chi connectivity index (χ2n) is 3.64. The summed E-state index contributed by atoms with van der Waals surface area (Å²) in [7, 11) is 0. The normalized spacial score (nSPS) is 10.4. The average molecular weight is 297 g/mol. The van der Waals surface area contributed by atoms with Gasteiger partial charge in [-0.2, -0.15) is 0 Å². The summed E-state index contributed by atoms with van der Waals surface area (Å²) < 4.78 is 0. The molecule has 18 heavy (non-hydrogen) atoms. The molecule has 0 radical (unpaired) electrons. The minimum atomic E-state index is -0.0902. The fourth-order valence-electron chi connectivity index (χ4n) is 1.64. The Kier molecular flexibility index (Phi) is 4.33. The van der Waals surface area contributed by atoms with Crippen molar-refractivity contribution in [3.05, 3.63) is 63.6 Å². The maximum absolute atomic E-state index is 12.3. The Bertz CT molecular complexity index is 582. The van der Waals surface area contributed by atoms with Gasteiger partial charge < -0.3 is 0 Å². The maximum Gasteiger partial charge on any atom is 0.194 e. The quantitative estimate of drug-likeness (QED) is 0.589. The van der Waals surface area contributed by atoms with Crippen molar-refractivity contribution < 1.29 is 4.79 Å². The van der Waals surface area contributed by atoms with Gasteiger partial charge in [-0.1, -0.05) is 53.5 Å². The minimum Gasteiger partial charge on any atom is -0.289 e. The van der Waals surface area contributed by atoms with E-state index in [4.69, 9.17) is 23.2 Å². The van der Waals surface area contributed by atoms with Crippen molar-refractivity contribution in [2.24, 2.45) is 0 Å². The molecule has 0 aliphatic heterocycles. The van der Waals surface area contributed by atoms with Crippen molar-refractivity contribution in [2.45, 2.75) is 4.90 Å². The number of rotatable bonds is 3. The molecule has 0 spiro atoms. The van der Waals surface area contributed by atoms with Crippen LogP contribution in [0, 0.1) is 0 Å². The summed E-state index contributed by atoms with van der Waals surface area (Å²) in [5.41, 5.74) is 1.10. The van der Waals surface area contributed by atoms with Gasteiger partial charge in [0.2, 0.25) is 0 Å². The molecule has 0 heterocycles. The number of carbonyl (C=O) groups is 1. The molecule has 0 bridgehead atoms. The standard InChI is InChI=1S/C14H10Cl2OS/c1-18-14-11(15)8-7-10(12(14)16)13(17)9-5-3-2-4-6-9/h2-8H,1H3. The summed E-state index contributed by atoms with van der Waals surface area (Å²) in [5.74, 6) is -0.0902. The number of ketones is 1. The second kappa shape index (κ2) is 5.79. The first-order valence-corrected chi connectivity index (χ1v) is 7.25. The molecular formula is C14H10Cl2OS. The Morgan fingerprint density at radius 3 is 2.33 bits per heavy atom. The third kappa shape index (κ3) is 2.56. The molecule has 0 aliphatic carbocycles. The summed E-state index contributed by atoms with van der Waals surface area (Å²) >= 11 is 13.7. The molecule has 0 aromatic heterocycles. The first-order valence-electron chi connectivity index (χ1n) is 5.27. The molecule has 0 aliphatic rings. The van der Waals surface area contributed by atoms with Gasteiger partial charge in [-0.15, -0.1) is 11.8 Å². The van der Waals surface area contributed by atoms with Crippen molar-refractivity contribution in [2.75, 3.05) is 6.26 Å². The van der Waals surface area contributed by atoms with Crippen LogP contribution in [0.3, 0.4) is 0 Å². The molecule has 0 saturated heterocycles. The van der Waals surface area contributed by atoms with Gasteiger partial charge >= 0.3 is 0 Å². The van der Waals surface area contributed by atoms with E-state index in [-0.39, 0.29) is 5.78 Å². The Morgan fingerprint density at radius 1 is 1.06 bits per heavy atom. The van der Waals surface area contributed by atoms with E-state index in [2.05, 4.69) is 0 Å². The van der Waals surface area contributed by atoms with E-state index in [0.717, 1.165) is 4.90 Å². The molecule has 0 amide bonds. The van der Waals surface area contributed by atoms with E-state index >= 15 is 0 Å². The highest BCUT2D eigenvalue weighted by atomic mass is 35.5. The van der Waals surface area contributed by atoms with Gasteiger partial charge in [0.25, 0.3) is 0 Å². The van der Waals surface area contributed by atoms with Crippen LogP contribution in [0.5, 0.6) is 0 Å². The van der Waals surface area contributed by atoms with Crippen molar-refractivity contribution in [3.8, 4) is 0 Å². The van der Waals surface area contributed by atoms with Gasteiger partial charge in [-0.05, 0) is 18.4 Å². The lowest BCUT2D eigenvalue weighted by Crippen LogP contribution is -2.02. The van der Waals surface area contributed by atoms with Gasteiger partial charge in [0.15, 0.2) is 5.78 Å². The first kappa shape index (κ1) is 13.5. The number of carbonyl (C=O) groups excluding carboxylic acids is 1. The van der Waals surface area contributed by atoms with Gasteiger partial charge in [0.1, 0.15) is 0 Å². The van der Waals surface area contributed by atoms with Crippen LogP contribution >= 0.6 is 35.0 Å². The lowest BCUT2D eigenvalue weighted by Gasteiger charge is -2.09. The van der Waals surface area contributed by atoms with Crippen LogP contribution in [0.25, 0.3) is 0 Å². The zero-order valence-corrected chi connectivity index (χ0v) is 11.9. The molecule has 1 nitrogen and oxygen atoms in total. The molecule has 0 fully saturated rings. The van der Waals surface area contributed by atoms with Crippen LogP contribution < -0.4 is 0 Å². The van der Waals surface area contributed by atoms with Crippen LogP contribution in [0.1, 0.15) is 15.9 Å². The van der Waals surface area contributed by atoms with E-state index < -0.39 is 0 Å². The molecular weight excluding hydrogens is 287 g/mol. The number of benzene rings is 2. The van der Waals surface area contributed by atoms with E-state index in [1.54, 1.807) is 24.3 Å². The minimum absolute atomic E-state index is 0.0902. The van der Waals surface area contributed by atoms with Crippen molar-refractivity contribution >= 4 is 40.7 Å². The third-order valence-corrected chi connectivity index (χ3v) is 4.30. The van der Waals surface area contributed by atoms with E-state index in [0.29, 0.717) is 21.2 Å². The van der Waals surface area contributed by atoms with Crippen LogP contribution in [-0.2, 0) is 0 Å². The van der Waals surface area contributed by atoms with Crippen LogP contribution in [0.15, 0.2) is 47.4 Å². The third-order valence-electron chi connectivity index (χ3n) is 2.53. The monoisotopic (exact) mass is 296 g/mol. The largest absolute Gasteiger partial charge is 0.289 e. The fraction of sp³-hybridized carbons (Fsp3) is 0.0714. The Labute approximate surface area is 120 Å². The summed E-state index contributed by atoms with van der Waals surface area (Å²) in [4.78, 5) is 13.0. The molecule has 0 unspecified atom stereocenters. The maximum atomic E-state index is 12.3. The highest BCUT2D eigenvalue weighted by Crippen LogP contribution is 2.35. The molecule has 0 N–H and O–H groups in total. The number of hydrogen-bond acceptors (Lipinski definition) is 2. The van der Waals surface area contributed by atoms with Gasteiger partial charge in [0, 0.05) is 16.0 Å². The highest BCUT2D eigenvalue weighted by molar-refractivity contribution is 7.98. The Morgan fingerprint density at radius 2 is 1.72 bits per heavy atom. The molecule has 92 valence electrons. The Balaban J connectivity index is 2.50. The molecule has 2 aromatic carbocycles. The van der Waals surface area contributed by atoms with E-state index in [1.807, 2.05) is 24.5 Å². The Hall–Kier alpha value is -0.960. The lowest BCUT2D eigenvalue weighted by molar-refractivity contribution is 0.103. The molecule has 4 heteroatoms. The predicted molar refractivity (Wildman–Crippen MR) is 78.1 cm³/mol. The highest BCUT2D eigenvalue weighted by Gasteiger charge is 2.16. The van der Waals surface area contributed by atoms with E-state index in [1.165, 1.54) is 11.8 Å². The van der Waals surface area contributed by atoms with Gasteiger partial charge in [0.05, 0.1) is 10.0 Å². The predicted octanol–water partition coefficient (Wildman–Crippen LogP) is 4.95. The summed E-state index contributed by atoms with van der Waals surface area (Å²) in [6, 6.07) is 12.4. The SMILES string of the molecule is CSc1c(Cl)ccc(C(=O)c2ccccc2)c1Cl. The fourth-order valence-corrected chi connectivity index (χ4v) is 3.11. The van der Waals surface area contributed by atoms with Crippen molar-refractivity contribution in [1.82, 2.24) is 0 Å². The summed E-state index contributed by atoms with van der Waals surface area (Å²) in [6.45, 7) is 0. The topological polar surface area (TPSA) is 17.1 Å². The zero-order valence-electron chi connectivity index (χ0n) is 9.61. The first-order chi connectivity index (χ1) is 8.65. The number of halogens is 2. The van der Waals surface area contributed by atoms with Crippen LogP contribution in [0.4, 0.5) is 0 Å². The van der Waals surface area contributed by atoms with E-state index in [9.17, 15) is 4.79 Å². The summed E-state index contributed by atoms with van der Waals surface area (Å²) in [5, 5.41) is 0.987. The molecule has 0 atom stereocenters. The molecule has 0 saturated carbocycles. The lowest BCUT2D eigenvalue weighted by atomic mass is 10.0. The summed E-state index contributed by atoms with van der Waals surface area (Å²) in [6.07, 6.45) is 1.88. The van der Waals surface area contributed by atoms with Gasteiger partial charge in [-0.25, -0.2) is 0 Å². The van der Waals surface area contributed by atoms with Gasteiger partial charge in [-0.3, -0.25) is 4.79 Å². The van der Waals surface area contributed by atoms with Crippen molar-refractivity contribution in [3.63, 3.8) is 0 Å². The van der Waals surface area contributed by atoms with Crippen LogP contribution in [0.2, 0.25) is 10.0 Å². The number of hydrogen-bond donors (Lipinski definition) is 0. The smallest absolute Gasteiger partial charge is 0.194 e. The molecule has 2 aromatic rings.